The van der Waals surface area contributed by atoms with Gasteiger partial charge >= 0.3 is 0 Å². The van der Waals surface area contributed by atoms with Gasteiger partial charge in [-0.1, -0.05) is 72.0 Å². The van der Waals surface area contributed by atoms with Gasteiger partial charge in [0.15, 0.2) is 15.0 Å². The molecule has 0 aliphatic carbocycles. The first-order valence-corrected chi connectivity index (χ1v) is 12.6. The second kappa shape index (κ2) is 9.50. The van der Waals surface area contributed by atoms with E-state index in [1.54, 1.807) is 37.4 Å². The van der Waals surface area contributed by atoms with Crippen molar-refractivity contribution in [3.8, 4) is 5.75 Å². The van der Waals surface area contributed by atoms with Crippen LogP contribution in [0.25, 0.3) is 10.2 Å². The minimum absolute atomic E-state index is 0.185. The van der Waals surface area contributed by atoms with Crippen LogP contribution in [0.5, 0.6) is 5.75 Å². The van der Waals surface area contributed by atoms with Crippen molar-refractivity contribution in [3.63, 3.8) is 0 Å². The van der Waals surface area contributed by atoms with Crippen LogP contribution in [0, 0.1) is 0 Å². The predicted octanol–water partition coefficient (Wildman–Crippen LogP) is 4.45. The minimum Gasteiger partial charge on any atom is -0.497 e. The number of anilines is 1. The third kappa shape index (κ3) is 5.33. The maximum absolute atomic E-state index is 13.2. The smallest absolute Gasteiger partial charge is 0.244 e. The van der Waals surface area contributed by atoms with Gasteiger partial charge < -0.3 is 4.74 Å². The lowest BCUT2D eigenvalue weighted by Crippen LogP contribution is -2.35. The van der Waals surface area contributed by atoms with Crippen LogP contribution in [0.3, 0.4) is 0 Å². The average Bonchev–Trinajstić information content (AvgIpc) is 3.21. The topological polar surface area (TPSA) is 76.6 Å². The van der Waals surface area contributed by atoms with E-state index in [1.165, 1.54) is 16.2 Å². The fraction of sp³-hybridized carbons (Fsp3) is 0.167. The number of ether oxygens (including phenoxy) is 1. The van der Waals surface area contributed by atoms with Crippen molar-refractivity contribution >= 4 is 42.4 Å². The second-order valence-electron chi connectivity index (χ2n) is 7.31. The quantitative estimate of drug-likeness (QED) is 0.383. The molecule has 0 atom stereocenters. The number of aromatic nitrogens is 1. The van der Waals surface area contributed by atoms with E-state index >= 15 is 0 Å². The average molecular weight is 467 g/mol. The largest absolute Gasteiger partial charge is 0.497 e. The molecule has 1 heterocycles. The fourth-order valence-corrected chi connectivity index (χ4v) is 5.61. The molecule has 1 amide bonds. The summed E-state index contributed by atoms with van der Waals surface area (Å²) in [4.78, 5) is 19.3. The van der Waals surface area contributed by atoms with Crippen molar-refractivity contribution in [1.29, 1.82) is 0 Å². The van der Waals surface area contributed by atoms with Crippen molar-refractivity contribution in [3.05, 3.63) is 90.0 Å². The molecule has 32 heavy (non-hydrogen) atoms. The highest BCUT2D eigenvalue weighted by Crippen LogP contribution is 2.32. The molecule has 0 bridgehead atoms. The van der Waals surface area contributed by atoms with Crippen molar-refractivity contribution in [2.75, 3.05) is 17.8 Å². The summed E-state index contributed by atoms with van der Waals surface area (Å²) in [5.41, 5.74) is 2.24. The minimum atomic E-state index is -3.65. The molecule has 0 unspecified atom stereocenters. The number of nitrogens with zero attached hydrogens (tertiary/aromatic N) is 2. The van der Waals surface area contributed by atoms with Crippen molar-refractivity contribution in [1.82, 2.24) is 4.98 Å². The van der Waals surface area contributed by atoms with Crippen LogP contribution >= 0.6 is 11.3 Å². The van der Waals surface area contributed by atoms with Crippen LogP contribution < -0.4 is 9.64 Å². The molecule has 1 aromatic heterocycles. The zero-order chi connectivity index (χ0) is 22.6. The van der Waals surface area contributed by atoms with Gasteiger partial charge in [0.2, 0.25) is 5.91 Å². The van der Waals surface area contributed by atoms with E-state index < -0.39 is 21.5 Å². The van der Waals surface area contributed by atoms with Gasteiger partial charge in [-0.2, -0.15) is 0 Å². The molecule has 3 aromatic carbocycles. The van der Waals surface area contributed by atoms with Crippen LogP contribution in [0.15, 0.2) is 78.9 Å². The summed E-state index contributed by atoms with van der Waals surface area (Å²) >= 11 is 1.35. The van der Waals surface area contributed by atoms with Gasteiger partial charge in [-0.3, -0.25) is 9.69 Å². The molecule has 4 rings (SSSR count). The number of amides is 1. The van der Waals surface area contributed by atoms with Crippen LogP contribution in [-0.2, 0) is 26.9 Å². The first-order chi connectivity index (χ1) is 15.4. The molecule has 164 valence electrons. The molecule has 0 aliphatic rings. The van der Waals surface area contributed by atoms with Crippen LogP contribution in [0.1, 0.15) is 11.1 Å². The Morgan fingerprint density at radius 1 is 0.969 bits per heavy atom. The first-order valence-electron chi connectivity index (χ1n) is 9.97. The zero-order valence-corrected chi connectivity index (χ0v) is 19.1. The summed E-state index contributed by atoms with van der Waals surface area (Å²) in [5, 5.41) is 0.456. The van der Waals surface area contributed by atoms with E-state index in [9.17, 15) is 13.2 Å². The standard InChI is InChI=1S/C24H22N2O4S2/c1-30-20-12-13-22-21(14-20)25-24(31-22)26(15-18-8-4-2-5-9-18)23(27)17-32(28,29)16-19-10-6-3-7-11-19/h2-14H,15-17H2,1H3. The Balaban J connectivity index is 1.64. The molecule has 0 fully saturated rings. The van der Waals surface area contributed by atoms with Gasteiger partial charge in [0.05, 0.1) is 29.6 Å². The maximum atomic E-state index is 13.2. The Labute approximate surface area is 191 Å². The Morgan fingerprint density at radius 2 is 1.62 bits per heavy atom. The highest BCUT2D eigenvalue weighted by atomic mass is 32.2. The molecule has 0 N–H and O–H groups in total. The summed E-state index contributed by atoms with van der Waals surface area (Å²) < 4.78 is 31.7. The molecule has 8 heteroatoms. The second-order valence-corrected chi connectivity index (χ2v) is 10.4. The van der Waals surface area contributed by atoms with Gasteiger partial charge in [-0.15, -0.1) is 0 Å². The van der Waals surface area contributed by atoms with Gasteiger partial charge in [0.25, 0.3) is 0 Å². The molecule has 0 saturated carbocycles. The number of carbonyl (C=O) groups is 1. The molecular formula is C24H22N2O4S2. The Hall–Kier alpha value is -3.23. The highest BCUT2D eigenvalue weighted by molar-refractivity contribution is 7.91. The van der Waals surface area contributed by atoms with E-state index in [0.717, 1.165) is 10.3 Å². The van der Waals surface area contributed by atoms with Crippen molar-refractivity contribution in [2.45, 2.75) is 12.3 Å². The number of carbonyl (C=O) groups excluding carboxylic acids is 1. The molecule has 0 saturated heterocycles. The van der Waals surface area contributed by atoms with Gasteiger partial charge in [-0.25, -0.2) is 13.4 Å². The van der Waals surface area contributed by atoms with Crippen LogP contribution in [0.4, 0.5) is 5.13 Å². The summed E-state index contributed by atoms with van der Waals surface area (Å²) in [6.07, 6.45) is 0. The molecule has 0 aliphatic heterocycles. The SMILES string of the molecule is COc1ccc2sc(N(Cc3ccccc3)C(=O)CS(=O)(=O)Cc3ccccc3)nc2c1. The summed E-state index contributed by atoms with van der Waals surface area (Å²) in [6.45, 7) is 0.234. The Kier molecular flexibility index (Phi) is 6.53. The summed E-state index contributed by atoms with van der Waals surface area (Å²) in [5.74, 6) is -0.611. The number of hydrogen-bond acceptors (Lipinski definition) is 6. The van der Waals surface area contributed by atoms with Crippen LogP contribution in [-0.4, -0.2) is 32.2 Å². The van der Waals surface area contributed by atoms with E-state index in [0.29, 0.717) is 22.0 Å². The van der Waals surface area contributed by atoms with Gasteiger partial charge in [-0.05, 0) is 23.3 Å². The predicted molar refractivity (Wildman–Crippen MR) is 128 cm³/mol. The first kappa shape index (κ1) is 22.0. The third-order valence-corrected chi connectivity index (χ3v) is 7.39. The number of thiazole rings is 1. The van der Waals surface area contributed by atoms with Crippen molar-refractivity contribution in [2.24, 2.45) is 0 Å². The fourth-order valence-electron chi connectivity index (χ4n) is 3.31. The summed E-state index contributed by atoms with van der Waals surface area (Å²) in [6, 6.07) is 23.8. The highest BCUT2D eigenvalue weighted by Gasteiger charge is 2.26. The lowest BCUT2D eigenvalue weighted by atomic mass is 10.2. The number of hydrogen-bond donors (Lipinski definition) is 0. The number of benzene rings is 3. The lowest BCUT2D eigenvalue weighted by molar-refractivity contribution is -0.116. The number of methoxy groups -OCH3 is 1. The molecule has 0 radical (unpaired) electrons. The maximum Gasteiger partial charge on any atom is 0.244 e. The number of fused-ring (bicyclic) bond motifs is 1. The molecule has 6 nitrogen and oxygen atoms in total. The summed E-state index contributed by atoms with van der Waals surface area (Å²) in [7, 11) is -2.07. The Bertz CT molecular complexity index is 1320. The molecular weight excluding hydrogens is 444 g/mol. The molecule has 4 aromatic rings. The number of rotatable bonds is 8. The van der Waals surface area contributed by atoms with E-state index in [-0.39, 0.29) is 12.3 Å². The van der Waals surface area contributed by atoms with E-state index in [4.69, 9.17) is 4.74 Å². The van der Waals surface area contributed by atoms with E-state index in [1.807, 2.05) is 48.5 Å². The van der Waals surface area contributed by atoms with E-state index in [2.05, 4.69) is 4.98 Å². The normalized spacial score (nSPS) is 11.4. The molecule has 0 spiro atoms. The van der Waals surface area contributed by atoms with Gasteiger partial charge in [0, 0.05) is 6.07 Å². The Morgan fingerprint density at radius 3 is 2.28 bits per heavy atom. The van der Waals surface area contributed by atoms with Crippen molar-refractivity contribution < 1.29 is 17.9 Å². The third-order valence-electron chi connectivity index (χ3n) is 4.87. The van der Waals surface area contributed by atoms with Crippen LogP contribution in [0.2, 0.25) is 0 Å². The van der Waals surface area contributed by atoms with Gasteiger partial charge in [0.1, 0.15) is 11.5 Å². The lowest BCUT2D eigenvalue weighted by Gasteiger charge is -2.20. The zero-order valence-electron chi connectivity index (χ0n) is 17.5. The number of sulfone groups is 1. The monoisotopic (exact) mass is 466 g/mol.